The molecule has 1 aromatic heterocycles. The van der Waals surface area contributed by atoms with Gasteiger partial charge in [-0.25, -0.2) is 4.39 Å². The number of amides is 1. The van der Waals surface area contributed by atoms with Gasteiger partial charge in [0.25, 0.3) is 0 Å². The van der Waals surface area contributed by atoms with Gasteiger partial charge in [-0.05, 0) is 43.3 Å². The average Bonchev–Trinajstić information content (AvgIpc) is 3.25. The van der Waals surface area contributed by atoms with E-state index >= 15 is 0 Å². The highest BCUT2D eigenvalue weighted by Gasteiger charge is 2.21. The Kier molecular flexibility index (Phi) is 8.38. The molecule has 3 aromatic rings. The number of halogens is 1. The molecular weight excluding hydrogens is 469 g/mol. The van der Waals surface area contributed by atoms with Crippen LogP contribution in [-0.4, -0.2) is 52.2 Å². The zero-order chi connectivity index (χ0) is 24.6. The second-order valence-corrected chi connectivity index (χ2v) is 9.22. The van der Waals surface area contributed by atoms with Gasteiger partial charge in [0.05, 0.1) is 18.5 Å². The quantitative estimate of drug-likeness (QED) is 0.333. The molecule has 1 saturated heterocycles. The minimum atomic E-state index is -0.444. The number of nitrogens with zero attached hydrogens (tertiary/aromatic N) is 4. The van der Waals surface area contributed by atoms with Gasteiger partial charge in [-0.3, -0.25) is 9.36 Å². The number of allylic oxidation sites excluding steroid dienone is 1. The second kappa shape index (κ2) is 11.9. The predicted octanol–water partition coefficient (Wildman–Crippen LogP) is 4.14. The SMILES string of the molecule is C=CCn1c(COc2ccccc2F)nnc1SC(C)C(=O)Nc1ccc(N2CCOCC2)cc1. The summed E-state index contributed by atoms with van der Waals surface area (Å²) >= 11 is 1.29. The Hall–Kier alpha value is -3.37. The molecule has 1 fully saturated rings. The van der Waals surface area contributed by atoms with Crippen molar-refractivity contribution in [3.05, 3.63) is 72.8 Å². The molecule has 2 heterocycles. The summed E-state index contributed by atoms with van der Waals surface area (Å²) < 4.78 is 26.6. The molecule has 0 spiro atoms. The maximum Gasteiger partial charge on any atom is 0.237 e. The highest BCUT2D eigenvalue weighted by atomic mass is 32.2. The topological polar surface area (TPSA) is 81.5 Å². The summed E-state index contributed by atoms with van der Waals surface area (Å²) in [6.45, 7) is 9.23. The number of rotatable bonds is 10. The van der Waals surface area contributed by atoms with Crippen molar-refractivity contribution in [1.82, 2.24) is 14.8 Å². The second-order valence-electron chi connectivity index (χ2n) is 7.91. The van der Waals surface area contributed by atoms with Crippen molar-refractivity contribution in [2.45, 2.75) is 30.5 Å². The number of hydrogen-bond donors (Lipinski definition) is 1. The number of carbonyl (C=O) groups is 1. The molecule has 4 rings (SSSR count). The lowest BCUT2D eigenvalue weighted by Crippen LogP contribution is -2.36. The van der Waals surface area contributed by atoms with Gasteiger partial charge in [0.15, 0.2) is 22.5 Å². The van der Waals surface area contributed by atoms with E-state index in [1.54, 1.807) is 28.8 Å². The first-order chi connectivity index (χ1) is 17.0. The average molecular weight is 498 g/mol. The fraction of sp³-hybridized carbons (Fsp3) is 0.320. The van der Waals surface area contributed by atoms with Gasteiger partial charge in [0.2, 0.25) is 5.91 Å². The normalized spacial score (nSPS) is 14.4. The summed E-state index contributed by atoms with van der Waals surface area (Å²) in [5.41, 5.74) is 1.84. The highest BCUT2D eigenvalue weighted by Crippen LogP contribution is 2.25. The fourth-order valence-electron chi connectivity index (χ4n) is 3.56. The molecule has 184 valence electrons. The third kappa shape index (κ3) is 6.40. The summed E-state index contributed by atoms with van der Waals surface area (Å²) in [6, 6.07) is 14.0. The van der Waals surface area contributed by atoms with E-state index in [9.17, 15) is 9.18 Å². The van der Waals surface area contributed by atoms with Crippen molar-refractivity contribution < 1.29 is 18.7 Å². The van der Waals surface area contributed by atoms with Crippen LogP contribution >= 0.6 is 11.8 Å². The Labute approximate surface area is 208 Å². The van der Waals surface area contributed by atoms with Crippen molar-refractivity contribution in [1.29, 1.82) is 0 Å². The van der Waals surface area contributed by atoms with E-state index < -0.39 is 11.1 Å². The van der Waals surface area contributed by atoms with E-state index in [2.05, 4.69) is 27.0 Å². The van der Waals surface area contributed by atoms with Crippen molar-refractivity contribution in [3.63, 3.8) is 0 Å². The molecule has 1 amide bonds. The van der Waals surface area contributed by atoms with E-state index in [-0.39, 0.29) is 18.3 Å². The molecule has 1 atom stereocenters. The number of benzene rings is 2. The third-order valence-corrected chi connectivity index (χ3v) is 6.54. The molecule has 0 saturated carbocycles. The van der Waals surface area contributed by atoms with Crippen molar-refractivity contribution in [2.24, 2.45) is 0 Å². The van der Waals surface area contributed by atoms with Crippen LogP contribution in [0, 0.1) is 5.82 Å². The lowest BCUT2D eigenvalue weighted by Gasteiger charge is -2.28. The van der Waals surface area contributed by atoms with Gasteiger partial charge in [-0.15, -0.1) is 16.8 Å². The zero-order valence-corrected chi connectivity index (χ0v) is 20.3. The maximum absolute atomic E-state index is 13.9. The van der Waals surface area contributed by atoms with Gasteiger partial charge in [-0.2, -0.15) is 0 Å². The van der Waals surface area contributed by atoms with Crippen LogP contribution in [0.5, 0.6) is 5.75 Å². The number of hydrogen-bond acceptors (Lipinski definition) is 7. The molecule has 10 heteroatoms. The fourth-order valence-corrected chi connectivity index (χ4v) is 4.44. The number of thioether (sulfide) groups is 1. The molecule has 1 N–H and O–H groups in total. The van der Waals surface area contributed by atoms with E-state index in [4.69, 9.17) is 9.47 Å². The largest absolute Gasteiger partial charge is 0.483 e. The summed E-state index contributed by atoms with van der Waals surface area (Å²) in [7, 11) is 0. The van der Waals surface area contributed by atoms with Crippen LogP contribution in [-0.2, 0) is 22.7 Å². The van der Waals surface area contributed by atoms with E-state index in [0.717, 1.165) is 37.7 Å². The summed E-state index contributed by atoms with van der Waals surface area (Å²) in [4.78, 5) is 15.1. The van der Waals surface area contributed by atoms with E-state index in [1.165, 1.54) is 17.8 Å². The van der Waals surface area contributed by atoms with Gasteiger partial charge < -0.3 is 19.7 Å². The van der Waals surface area contributed by atoms with Crippen LogP contribution in [0.2, 0.25) is 0 Å². The lowest BCUT2D eigenvalue weighted by atomic mass is 10.2. The molecule has 2 aromatic carbocycles. The number of carbonyl (C=O) groups excluding carboxylic acids is 1. The van der Waals surface area contributed by atoms with Crippen LogP contribution in [0.4, 0.5) is 15.8 Å². The number of ether oxygens (including phenoxy) is 2. The van der Waals surface area contributed by atoms with Gasteiger partial charge in [-0.1, -0.05) is 30.0 Å². The minimum absolute atomic E-state index is 0.0401. The number of nitrogens with one attached hydrogen (secondary N) is 1. The number of morpholine rings is 1. The molecule has 8 nitrogen and oxygen atoms in total. The Balaban J connectivity index is 1.36. The van der Waals surface area contributed by atoms with Crippen LogP contribution < -0.4 is 15.0 Å². The standard InChI is InChI=1S/C25H28FN5O3S/c1-3-12-31-23(17-34-22-7-5-4-6-21(22)26)28-29-25(31)35-18(2)24(32)27-19-8-10-20(11-9-19)30-13-15-33-16-14-30/h3-11,18H,1,12-17H2,2H3,(H,27,32). The molecular formula is C25H28FN5O3S. The lowest BCUT2D eigenvalue weighted by molar-refractivity contribution is -0.115. The number of aromatic nitrogens is 3. The van der Waals surface area contributed by atoms with E-state index in [0.29, 0.717) is 17.5 Å². The highest BCUT2D eigenvalue weighted by molar-refractivity contribution is 8.00. The molecule has 0 bridgehead atoms. The molecule has 1 aliphatic rings. The Morgan fingerprint density at radius 2 is 1.97 bits per heavy atom. The Morgan fingerprint density at radius 1 is 1.23 bits per heavy atom. The maximum atomic E-state index is 13.9. The molecule has 1 unspecified atom stereocenters. The van der Waals surface area contributed by atoms with Crippen molar-refractivity contribution in [3.8, 4) is 5.75 Å². The van der Waals surface area contributed by atoms with Gasteiger partial charge in [0.1, 0.15) is 6.61 Å². The smallest absolute Gasteiger partial charge is 0.237 e. The van der Waals surface area contributed by atoms with Gasteiger partial charge >= 0.3 is 0 Å². The van der Waals surface area contributed by atoms with Crippen molar-refractivity contribution in [2.75, 3.05) is 36.5 Å². The van der Waals surface area contributed by atoms with Crippen LogP contribution in [0.3, 0.4) is 0 Å². The first kappa shape index (κ1) is 24.7. The predicted molar refractivity (Wildman–Crippen MR) is 134 cm³/mol. The van der Waals surface area contributed by atoms with Crippen LogP contribution in [0.15, 0.2) is 66.3 Å². The first-order valence-electron chi connectivity index (χ1n) is 11.4. The Bertz CT molecular complexity index is 1150. The molecule has 1 aliphatic heterocycles. The molecule has 0 aliphatic carbocycles. The van der Waals surface area contributed by atoms with Gasteiger partial charge in [0, 0.05) is 31.0 Å². The number of para-hydroxylation sites is 1. The third-order valence-electron chi connectivity index (χ3n) is 5.46. The van der Waals surface area contributed by atoms with Crippen LogP contribution in [0.25, 0.3) is 0 Å². The minimum Gasteiger partial charge on any atom is -0.483 e. The Morgan fingerprint density at radius 3 is 2.69 bits per heavy atom. The summed E-state index contributed by atoms with van der Waals surface area (Å²) in [5, 5.41) is 11.5. The molecule has 0 radical (unpaired) electrons. The first-order valence-corrected chi connectivity index (χ1v) is 12.2. The molecule has 35 heavy (non-hydrogen) atoms. The summed E-state index contributed by atoms with van der Waals surface area (Å²) in [5.74, 6) is 0.0655. The summed E-state index contributed by atoms with van der Waals surface area (Å²) in [6.07, 6.45) is 1.71. The van der Waals surface area contributed by atoms with Crippen molar-refractivity contribution >= 4 is 29.0 Å². The van der Waals surface area contributed by atoms with E-state index in [1.807, 2.05) is 31.2 Å². The monoisotopic (exact) mass is 497 g/mol. The number of anilines is 2. The van der Waals surface area contributed by atoms with Crippen LogP contribution in [0.1, 0.15) is 12.7 Å². The zero-order valence-electron chi connectivity index (χ0n) is 19.5.